The molecule has 0 saturated carbocycles. The van der Waals surface area contributed by atoms with Crippen molar-refractivity contribution >= 4 is 17.5 Å². The lowest BCUT2D eigenvalue weighted by atomic mass is 10.1. The van der Waals surface area contributed by atoms with Gasteiger partial charge in [-0.05, 0) is 29.8 Å². The molecule has 2 aromatic carbocycles. The summed E-state index contributed by atoms with van der Waals surface area (Å²) in [6.07, 6.45) is 0.238. The van der Waals surface area contributed by atoms with Crippen molar-refractivity contribution in [2.24, 2.45) is 0 Å². The summed E-state index contributed by atoms with van der Waals surface area (Å²) in [6, 6.07) is 10.3. The maximum absolute atomic E-state index is 13.0. The number of benzene rings is 2. The van der Waals surface area contributed by atoms with E-state index in [4.69, 9.17) is 16.3 Å². The monoisotopic (exact) mass is 325 g/mol. The molecular weight excluding hydrogens is 312 g/mol. The minimum absolute atomic E-state index is 0.156. The van der Waals surface area contributed by atoms with Crippen molar-refractivity contribution in [1.29, 1.82) is 0 Å². The molecule has 0 aliphatic carbocycles. The summed E-state index contributed by atoms with van der Waals surface area (Å²) in [5, 5.41) is 3.29. The fourth-order valence-corrected chi connectivity index (χ4v) is 1.90. The third-order valence-corrected chi connectivity index (χ3v) is 3.11. The molecule has 0 aliphatic rings. The van der Waals surface area contributed by atoms with Gasteiger partial charge >= 0.3 is 0 Å². The summed E-state index contributed by atoms with van der Waals surface area (Å²) in [6.45, 7) is 0.433. The van der Waals surface area contributed by atoms with Crippen molar-refractivity contribution in [3.8, 4) is 5.75 Å². The van der Waals surface area contributed by atoms with Crippen molar-refractivity contribution < 1.29 is 18.3 Å². The molecule has 0 atom stereocenters. The minimum Gasteiger partial charge on any atom is -0.492 e. The second-order valence-electron chi connectivity index (χ2n) is 4.58. The van der Waals surface area contributed by atoms with Gasteiger partial charge in [0, 0.05) is 11.1 Å². The molecular formula is C16H14ClF2NO2. The van der Waals surface area contributed by atoms with Gasteiger partial charge in [0.2, 0.25) is 5.91 Å². The number of hydrogen-bond acceptors (Lipinski definition) is 2. The maximum atomic E-state index is 13.0. The van der Waals surface area contributed by atoms with Gasteiger partial charge < -0.3 is 10.1 Å². The fraction of sp³-hybridized carbons (Fsp3) is 0.188. The van der Waals surface area contributed by atoms with Crippen LogP contribution in [0.4, 0.5) is 8.78 Å². The molecule has 3 nitrogen and oxygen atoms in total. The summed E-state index contributed by atoms with van der Waals surface area (Å²) in [4.78, 5) is 11.7. The summed E-state index contributed by atoms with van der Waals surface area (Å²) < 4.78 is 30.9. The lowest BCUT2D eigenvalue weighted by molar-refractivity contribution is -0.120. The van der Waals surface area contributed by atoms with E-state index in [0.29, 0.717) is 5.02 Å². The number of ether oxygens (including phenoxy) is 1. The van der Waals surface area contributed by atoms with Gasteiger partial charge in [-0.2, -0.15) is 0 Å². The quantitative estimate of drug-likeness (QED) is 0.827. The van der Waals surface area contributed by atoms with Crippen LogP contribution >= 0.6 is 11.6 Å². The normalized spacial score (nSPS) is 10.3. The second kappa shape index (κ2) is 7.75. The van der Waals surface area contributed by atoms with E-state index in [0.717, 1.165) is 17.7 Å². The van der Waals surface area contributed by atoms with E-state index in [9.17, 15) is 13.6 Å². The largest absolute Gasteiger partial charge is 0.492 e. The molecule has 0 unspecified atom stereocenters. The molecule has 2 aromatic rings. The van der Waals surface area contributed by atoms with Crippen LogP contribution in [0.2, 0.25) is 5.02 Å². The topological polar surface area (TPSA) is 38.3 Å². The Hall–Kier alpha value is -2.14. The standard InChI is InChI=1S/C16H14ClF2NO2/c17-12-3-1-11(2-4-12)9-16(21)20-7-8-22-13-5-6-14(18)15(19)10-13/h1-6,10H,7-9H2,(H,20,21). The van der Waals surface area contributed by atoms with Crippen molar-refractivity contribution in [2.75, 3.05) is 13.2 Å². The first-order chi connectivity index (χ1) is 10.5. The average Bonchev–Trinajstić information content (AvgIpc) is 2.49. The number of hydrogen-bond donors (Lipinski definition) is 1. The number of nitrogens with one attached hydrogen (secondary N) is 1. The lowest BCUT2D eigenvalue weighted by Crippen LogP contribution is -2.29. The zero-order chi connectivity index (χ0) is 15.9. The minimum atomic E-state index is -0.968. The Labute approximate surface area is 131 Å². The number of carbonyl (C=O) groups is 1. The first-order valence-electron chi connectivity index (χ1n) is 6.63. The third kappa shape index (κ3) is 5.00. The highest BCUT2D eigenvalue weighted by atomic mass is 35.5. The zero-order valence-electron chi connectivity index (χ0n) is 11.6. The number of amides is 1. The predicted molar refractivity (Wildman–Crippen MR) is 80.0 cm³/mol. The molecule has 22 heavy (non-hydrogen) atoms. The molecule has 2 rings (SSSR count). The van der Waals surface area contributed by atoms with E-state index in [1.807, 2.05) is 0 Å². The van der Waals surface area contributed by atoms with Gasteiger partial charge in [0.25, 0.3) is 0 Å². The van der Waals surface area contributed by atoms with Gasteiger partial charge in [0.15, 0.2) is 11.6 Å². The summed E-state index contributed by atoms with van der Waals surface area (Å²) in [5.41, 5.74) is 0.850. The lowest BCUT2D eigenvalue weighted by Gasteiger charge is -2.08. The summed E-state index contributed by atoms with van der Waals surface area (Å²) in [7, 11) is 0. The van der Waals surface area contributed by atoms with Crippen molar-refractivity contribution in [3.05, 3.63) is 64.7 Å². The van der Waals surface area contributed by atoms with Crippen LogP contribution in [-0.2, 0) is 11.2 Å². The van der Waals surface area contributed by atoms with Crippen LogP contribution in [0.3, 0.4) is 0 Å². The SMILES string of the molecule is O=C(Cc1ccc(Cl)cc1)NCCOc1ccc(F)c(F)c1. The highest BCUT2D eigenvalue weighted by Crippen LogP contribution is 2.15. The highest BCUT2D eigenvalue weighted by molar-refractivity contribution is 6.30. The van der Waals surface area contributed by atoms with Crippen molar-refractivity contribution in [2.45, 2.75) is 6.42 Å². The molecule has 0 saturated heterocycles. The van der Waals surface area contributed by atoms with Crippen LogP contribution in [0.25, 0.3) is 0 Å². The molecule has 0 fully saturated rings. The Morgan fingerprint density at radius 3 is 2.50 bits per heavy atom. The molecule has 0 heterocycles. The molecule has 1 N–H and O–H groups in total. The van der Waals surface area contributed by atoms with Gasteiger partial charge in [0.05, 0.1) is 13.0 Å². The Bertz CT molecular complexity index is 647. The van der Waals surface area contributed by atoms with Crippen LogP contribution in [0.1, 0.15) is 5.56 Å². The molecule has 0 bridgehead atoms. The third-order valence-electron chi connectivity index (χ3n) is 2.86. The van der Waals surface area contributed by atoms with Gasteiger partial charge in [-0.1, -0.05) is 23.7 Å². The van der Waals surface area contributed by atoms with Crippen molar-refractivity contribution in [1.82, 2.24) is 5.32 Å². The molecule has 0 aliphatic heterocycles. The van der Waals surface area contributed by atoms with E-state index < -0.39 is 11.6 Å². The van der Waals surface area contributed by atoms with Crippen LogP contribution in [-0.4, -0.2) is 19.1 Å². The number of rotatable bonds is 6. The first kappa shape index (κ1) is 16.2. The van der Waals surface area contributed by atoms with Gasteiger partial charge in [0.1, 0.15) is 12.4 Å². The zero-order valence-corrected chi connectivity index (χ0v) is 12.4. The maximum Gasteiger partial charge on any atom is 0.224 e. The number of halogens is 3. The molecule has 6 heteroatoms. The Morgan fingerprint density at radius 1 is 1.09 bits per heavy atom. The van der Waals surface area contributed by atoms with Crippen LogP contribution < -0.4 is 10.1 Å². The molecule has 1 amide bonds. The molecule has 0 spiro atoms. The summed E-state index contributed by atoms with van der Waals surface area (Å²) in [5.74, 6) is -1.84. The molecule has 116 valence electrons. The van der Waals surface area contributed by atoms with E-state index >= 15 is 0 Å². The van der Waals surface area contributed by atoms with E-state index in [1.165, 1.54) is 6.07 Å². The first-order valence-corrected chi connectivity index (χ1v) is 7.01. The van der Waals surface area contributed by atoms with Gasteiger partial charge in [-0.15, -0.1) is 0 Å². The predicted octanol–water partition coefficient (Wildman–Crippen LogP) is 3.36. The Morgan fingerprint density at radius 2 is 1.82 bits per heavy atom. The Balaban J connectivity index is 1.70. The van der Waals surface area contributed by atoms with Gasteiger partial charge in [-0.3, -0.25) is 4.79 Å². The smallest absolute Gasteiger partial charge is 0.224 e. The van der Waals surface area contributed by atoms with Crippen LogP contribution in [0, 0.1) is 11.6 Å². The van der Waals surface area contributed by atoms with E-state index in [-0.39, 0.29) is 31.2 Å². The summed E-state index contributed by atoms with van der Waals surface area (Å²) >= 11 is 5.76. The number of carbonyl (C=O) groups excluding carboxylic acids is 1. The second-order valence-corrected chi connectivity index (χ2v) is 5.01. The fourth-order valence-electron chi connectivity index (χ4n) is 1.78. The highest BCUT2D eigenvalue weighted by Gasteiger charge is 2.05. The average molecular weight is 326 g/mol. The molecule has 0 radical (unpaired) electrons. The van der Waals surface area contributed by atoms with E-state index in [2.05, 4.69) is 5.32 Å². The molecule has 0 aromatic heterocycles. The Kier molecular flexibility index (Phi) is 5.72. The van der Waals surface area contributed by atoms with Gasteiger partial charge in [-0.25, -0.2) is 8.78 Å². The van der Waals surface area contributed by atoms with E-state index in [1.54, 1.807) is 24.3 Å². The van der Waals surface area contributed by atoms with Crippen molar-refractivity contribution in [3.63, 3.8) is 0 Å². The van der Waals surface area contributed by atoms with Crippen LogP contribution in [0.5, 0.6) is 5.75 Å². The van der Waals surface area contributed by atoms with Crippen LogP contribution in [0.15, 0.2) is 42.5 Å².